The average molecular weight is 315 g/mol. The van der Waals surface area contributed by atoms with Crippen LogP contribution in [0.1, 0.15) is 11.9 Å². The van der Waals surface area contributed by atoms with Gasteiger partial charge < -0.3 is 19.8 Å². The van der Waals surface area contributed by atoms with Crippen molar-refractivity contribution in [1.29, 1.82) is 0 Å². The quantitative estimate of drug-likeness (QED) is 0.935. The molecule has 1 aliphatic heterocycles. The van der Waals surface area contributed by atoms with Crippen molar-refractivity contribution in [3.63, 3.8) is 0 Å². The Morgan fingerprint density at radius 1 is 1.36 bits per heavy atom. The number of halogens is 3. The topological polar surface area (TPSA) is 62.3 Å². The maximum absolute atomic E-state index is 13.3. The van der Waals surface area contributed by atoms with Crippen LogP contribution < -0.4 is 5.73 Å². The first-order valence-electron chi connectivity index (χ1n) is 6.95. The number of hydrogen-bond donors (Lipinski definition) is 1. The molecule has 2 aromatic rings. The van der Waals surface area contributed by atoms with Crippen molar-refractivity contribution < 1.29 is 22.6 Å². The predicted molar refractivity (Wildman–Crippen MR) is 73.2 cm³/mol. The third-order valence-electron chi connectivity index (χ3n) is 3.60. The molecule has 0 bridgehead atoms. The van der Waals surface area contributed by atoms with Gasteiger partial charge in [0.2, 0.25) is 0 Å². The van der Waals surface area contributed by atoms with Gasteiger partial charge in [-0.1, -0.05) is 0 Å². The van der Waals surface area contributed by atoms with E-state index in [0.29, 0.717) is 24.2 Å². The molecule has 2 heterocycles. The molecule has 5 nitrogen and oxygen atoms in total. The van der Waals surface area contributed by atoms with Gasteiger partial charge in [0.15, 0.2) is 0 Å². The van der Waals surface area contributed by atoms with Crippen molar-refractivity contribution in [2.75, 3.05) is 19.8 Å². The smallest absolute Gasteiger partial charge is 0.256 e. The lowest BCUT2D eigenvalue weighted by Crippen LogP contribution is -2.39. The first-order valence-corrected chi connectivity index (χ1v) is 6.95. The summed E-state index contributed by atoms with van der Waals surface area (Å²) in [4.78, 5) is 4.23. The lowest BCUT2D eigenvalue weighted by atomic mass is 10.1. The molecule has 0 saturated carbocycles. The van der Waals surface area contributed by atoms with Crippen LogP contribution in [0.5, 0.6) is 0 Å². The zero-order valence-electron chi connectivity index (χ0n) is 11.7. The molecule has 22 heavy (non-hydrogen) atoms. The summed E-state index contributed by atoms with van der Waals surface area (Å²) in [6, 6.07) is 3.11. The molecule has 0 aliphatic carbocycles. The molecule has 1 fully saturated rings. The van der Waals surface area contributed by atoms with E-state index in [1.165, 1.54) is 22.8 Å². The van der Waals surface area contributed by atoms with E-state index in [1.54, 1.807) is 0 Å². The molecular weight excluding hydrogens is 299 g/mol. The second-order valence-electron chi connectivity index (χ2n) is 5.11. The Hall–Kier alpha value is -1.64. The summed E-state index contributed by atoms with van der Waals surface area (Å²) < 4.78 is 51.2. The number of ether oxygens (including phenoxy) is 2. The molecule has 2 N–H and O–H groups in total. The molecule has 2 atom stereocenters. The standard InChI is InChI=1S/C14H16F3N3O2/c15-8-1-2-10-9(5-8)19-14(20(10)6-12(16)17)13(18)11-7-21-3-4-22-11/h1-2,5,11-13H,3-4,6-7,18H2/t11-,13+/m1/s1. The van der Waals surface area contributed by atoms with Crippen LogP contribution in [0.4, 0.5) is 13.2 Å². The Bertz CT molecular complexity index is 656. The third-order valence-corrected chi connectivity index (χ3v) is 3.60. The van der Waals surface area contributed by atoms with Crippen molar-refractivity contribution in [1.82, 2.24) is 9.55 Å². The lowest BCUT2D eigenvalue weighted by molar-refractivity contribution is -0.0988. The summed E-state index contributed by atoms with van der Waals surface area (Å²) >= 11 is 0. The van der Waals surface area contributed by atoms with Crippen LogP contribution in [0.15, 0.2) is 18.2 Å². The number of nitrogens with two attached hydrogens (primary N) is 1. The fraction of sp³-hybridized carbons (Fsp3) is 0.500. The van der Waals surface area contributed by atoms with E-state index >= 15 is 0 Å². The second-order valence-corrected chi connectivity index (χ2v) is 5.11. The van der Waals surface area contributed by atoms with Crippen LogP contribution in [0, 0.1) is 5.82 Å². The molecule has 0 amide bonds. The van der Waals surface area contributed by atoms with Crippen LogP contribution >= 0.6 is 0 Å². The van der Waals surface area contributed by atoms with Crippen molar-refractivity contribution in [2.24, 2.45) is 5.73 Å². The highest BCUT2D eigenvalue weighted by molar-refractivity contribution is 5.76. The number of rotatable bonds is 4. The van der Waals surface area contributed by atoms with Crippen LogP contribution in [-0.2, 0) is 16.0 Å². The highest BCUT2D eigenvalue weighted by atomic mass is 19.3. The summed E-state index contributed by atoms with van der Waals surface area (Å²) in [5, 5.41) is 0. The van der Waals surface area contributed by atoms with E-state index in [4.69, 9.17) is 15.2 Å². The Morgan fingerprint density at radius 2 is 2.18 bits per heavy atom. The van der Waals surface area contributed by atoms with Gasteiger partial charge in [-0.25, -0.2) is 18.2 Å². The van der Waals surface area contributed by atoms with Crippen LogP contribution in [-0.4, -0.2) is 41.9 Å². The number of nitrogens with zero attached hydrogens (tertiary/aromatic N) is 2. The summed E-state index contributed by atoms with van der Waals surface area (Å²) in [6.45, 7) is 0.579. The Morgan fingerprint density at radius 3 is 2.86 bits per heavy atom. The number of hydrogen-bond acceptors (Lipinski definition) is 4. The molecule has 1 aromatic heterocycles. The fourth-order valence-electron chi connectivity index (χ4n) is 2.59. The molecular formula is C14H16F3N3O2. The Labute approximate surface area is 124 Å². The first-order chi connectivity index (χ1) is 10.6. The lowest BCUT2D eigenvalue weighted by Gasteiger charge is -2.28. The molecule has 0 unspecified atom stereocenters. The number of benzene rings is 1. The normalized spacial score (nSPS) is 20.7. The molecule has 1 aromatic carbocycles. The van der Waals surface area contributed by atoms with Gasteiger partial charge in [-0.05, 0) is 12.1 Å². The van der Waals surface area contributed by atoms with E-state index in [-0.39, 0.29) is 12.4 Å². The zero-order valence-corrected chi connectivity index (χ0v) is 11.7. The minimum Gasteiger partial charge on any atom is -0.376 e. The third kappa shape index (κ3) is 2.94. The van der Waals surface area contributed by atoms with Gasteiger partial charge in [-0.15, -0.1) is 0 Å². The second kappa shape index (κ2) is 6.23. The first kappa shape index (κ1) is 15.3. The highest BCUT2D eigenvalue weighted by Gasteiger charge is 2.29. The van der Waals surface area contributed by atoms with Gasteiger partial charge in [-0.2, -0.15) is 0 Å². The summed E-state index contributed by atoms with van der Waals surface area (Å²) in [5.41, 5.74) is 6.84. The maximum atomic E-state index is 13.3. The van der Waals surface area contributed by atoms with Gasteiger partial charge in [0.25, 0.3) is 6.43 Å². The SMILES string of the molecule is N[C@H](c1nc2cc(F)ccc2n1CC(F)F)[C@H]1COCCO1. The Balaban J connectivity index is 2.02. The molecule has 120 valence electrons. The van der Waals surface area contributed by atoms with Crippen molar-refractivity contribution in [2.45, 2.75) is 25.1 Å². The van der Waals surface area contributed by atoms with Crippen molar-refractivity contribution >= 4 is 11.0 Å². The zero-order chi connectivity index (χ0) is 15.7. The van der Waals surface area contributed by atoms with E-state index in [9.17, 15) is 13.2 Å². The molecule has 8 heteroatoms. The van der Waals surface area contributed by atoms with E-state index in [1.807, 2.05) is 0 Å². The molecule has 1 saturated heterocycles. The van der Waals surface area contributed by atoms with Crippen molar-refractivity contribution in [3.05, 3.63) is 29.8 Å². The number of imidazole rings is 1. The van der Waals surface area contributed by atoms with Crippen LogP contribution in [0.25, 0.3) is 11.0 Å². The monoisotopic (exact) mass is 315 g/mol. The summed E-state index contributed by atoms with van der Waals surface area (Å²) in [6.07, 6.45) is -3.04. The maximum Gasteiger partial charge on any atom is 0.256 e. The largest absolute Gasteiger partial charge is 0.376 e. The van der Waals surface area contributed by atoms with E-state index in [2.05, 4.69) is 4.98 Å². The van der Waals surface area contributed by atoms with E-state index in [0.717, 1.165) is 0 Å². The van der Waals surface area contributed by atoms with Crippen LogP contribution in [0.3, 0.4) is 0 Å². The van der Waals surface area contributed by atoms with Gasteiger partial charge in [0.1, 0.15) is 17.7 Å². The Kier molecular flexibility index (Phi) is 4.32. The predicted octanol–water partition coefficient (Wildman–Crippen LogP) is 1.86. The minimum absolute atomic E-state index is 0.247. The molecule has 0 radical (unpaired) electrons. The number of alkyl halides is 2. The van der Waals surface area contributed by atoms with Gasteiger partial charge in [0.05, 0.1) is 43.4 Å². The molecule has 3 rings (SSSR count). The number of fused-ring (bicyclic) bond motifs is 1. The molecule has 0 spiro atoms. The van der Waals surface area contributed by atoms with Crippen LogP contribution in [0.2, 0.25) is 0 Å². The number of aromatic nitrogens is 2. The minimum atomic E-state index is -2.57. The highest BCUT2D eigenvalue weighted by Crippen LogP contribution is 2.25. The fourth-order valence-corrected chi connectivity index (χ4v) is 2.59. The molecule has 1 aliphatic rings. The van der Waals surface area contributed by atoms with Gasteiger partial charge >= 0.3 is 0 Å². The van der Waals surface area contributed by atoms with Gasteiger partial charge in [-0.3, -0.25) is 0 Å². The summed E-state index contributed by atoms with van der Waals surface area (Å²) in [5.74, 6) is -0.233. The summed E-state index contributed by atoms with van der Waals surface area (Å²) in [7, 11) is 0. The average Bonchev–Trinajstić information content (AvgIpc) is 2.84. The van der Waals surface area contributed by atoms with Gasteiger partial charge in [0, 0.05) is 6.07 Å². The van der Waals surface area contributed by atoms with E-state index < -0.39 is 30.9 Å². The van der Waals surface area contributed by atoms with Crippen molar-refractivity contribution in [3.8, 4) is 0 Å².